The molecule has 0 aromatic heterocycles. The van der Waals surface area contributed by atoms with Crippen LogP contribution in [-0.2, 0) is 12.8 Å². The Morgan fingerprint density at radius 1 is 1.21 bits per heavy atom. The molecule has 33 heavy (non-hydrogen) atoms. The van der Waals surface area contributed by atoms with E-state index in [1.54, 1.807) is 6.07 Å². The molecule has 2 fully saturated rings. The van der Waals surface area contributed by atoms with E-state index in [0.717, 1.165) is 49.8 Å². The van der Waals surface area contributed by atoms with Crippen molar-refractivity contribution in [3.8, 4) is 5.75 Å². The Hall–Kier alpha value is -2.37. The molecule has 0 saturated heterocycles. The normalized spacial score (nSPS) is 32.5. The molecule has 3 aliphatic carbocycles. The van der Waals surface area contributed by atoms with Gasteiger partial charge in [0.15, 0.2) is 0 Å². The molecule has 0 unspecified atom stereocenters. The Bertz CT molecular complexity index is 1040. The molecular formula is C28H35NO4. The Morgan fingerprint density at radius 3 is 2.85 bits per heavy atom. The van der Waals surface area contributed by atoms with Crippen molar-refractivity contribution in [3.05, 3.63) is 64.7 Å². The van der Waals surface area contributed by atoms with Gasteiger partial charge in [-0.3, -0.25) is 4.79 Å². The van der Waals surface area contributed by atoms with E-state index < -0.39 is 5.91 Å². The van der Waals surface area contributed by atoms with Crippen molar-refractivity contribution in [2.24, 2.45) is 28.9 Å². The molecule has 2 aromatic carbocycles. The highest BCUT2D eigenvalue weighted by Crippen LogP contribution is 2.62. The van der Waals surface area contributed by atoms with Gasteiger partial charge >= 0.3 is 0 Å². The van der Waals surface area contributed by atoms with Crippen molar-refractivity contribution in [1.82, 2.24) is 0 Å². The van der Waals surface area contributed by atoms with Crippen molar-refractivity contribution in [2.75, 3.05) is 13.2 Å². The zero-order valence-corrected chi connectivity index (χ0v) is 19.4. The number of carbonyl (C=O) groups is 1. The molecule has 0 aliphatic heterocycles. The van der Waals surface area contributed by atoms with Crippen molar-refractivity contribution >= 4 is 5.91 Å². The van der Waals surface area contributed by atoms with Gasteiger partial charge < -0.3 is 20.7 Å². The maximum atomic E-state index is 11.6. The fourth-order valence-corrected chi connectivity index (χ4v) is 7.31. The molecular weight excluding hydrogens is 414 g/mol. The number of hydrogen-bond acceptors (Lipinski definition) is 4. The van der Waals surface area contributed by atoms with Crippen LogP contribution in [0.1, 0.15) is 65.6 Å². The first-order valence-corrected chi connectivity index (χ1v) is 12.3. The quantitative estimate of drug-likeness (QED) is 0.625. The Morgan fingerprint density at radius 2 is 2.06 bits per heavy atom. The van der Waals surface area contributed by atoms with E-state index in [4.69, 9.17) is 15.6 Å². The highest BCUT2D eigenvalue weighted by atomic mass is 16.5. The fraction of sp³-hybridized carbons (Fsp3) is 0.536. The molecule has 5 nitrogen and oxygen atoms in total. The van der Waals surface area contributed by atoms with Gasteiger partial charge in [0.1, 0.15) is 12.4 Å². The second kappa shape index (κ2) is 8.77. The minimum Gasteiger partial charge on any atom is -0.491 e. The number of hydrogen-bond donors (Lipinski definition) is 3. The second-order valence-corrected chi connectivity index (χ2v) is 10.6. The van der Waals surface area contributed by atoms with Crippen molar-refractivity contribution in [1.29, 1.82) is 0 Å². The summed E-state index contributed by atoms with van der Waals surface area (Å²) in [5, 5.41) is 20.5. The lowest BCUT2D eigenvalue weighted by molar-refractivity contribution is -0.0325. The molecule has 5 rings (SSSR count). The first kappa shape index (κ1) is 22.4. The van der Waals surface area contributed by atoms with E-state index >= 15 is 0 Å². The third-order valence-corrected chi connectivity index (χ3v) is 8.88. The minimum absolute atomic E-state index is 0.0262. The van der Waals surface area contributed by atoms with Gasteiger partial charge in [0.25, 0.3) is 0 Å². The predicted octanol–water partition coefficient (Wildman–Crippen LogP) is 3.84. The third-order valence-electron chi connectivity index (χ3n) is 8.88. The van der Waals surface area contributed by atoms with Gasteiger partial charge in [-0.15, -0.1) is 0 Å². The smallest absolute Gasteiger partial charge is 0.248 e. The number of primary amides is 1. The molecule has 1 amide bonds. The third kappa shape index (κ3) is 3.95. The summed E-state index contributed by atoms with van der Waals surface area (Å²) < 4.78 is 5.64. The summed E-state index contributed by atoms with van der Waals surface area (Å²) in [7, 11) is 0. The maximum absolute atomic E-state index is 11.6. The summed E-state index contributed by atoms with van der Waals surface area (Å²) in [5.74, 6) is 2.29. The standard InChI is InChI=1S/C28H35NO4/c1-28-10-9-23-22-8-6-21(33-12-11-30)15-18(22)5-7-24(23)25(28)16-20(26(28)31)14-17-3-2-4-19(13-17)27(29)32/h2-4,6,8,13,15,20,23-26,30-31H,5,7,9-12,14,16H2,1H3,(H2,29,32)/t20-,23+,24+,25-,26-,28-/m0/s1. The van der Waals surface area contributed by atoms with Gasteiger partial charge in [-0.1, -0.05) is 25.1 Å². The van der Waals surface area contributed by atoms with E-state index in [2.05, 4.69) is 19.1 Å². The predicted molar refractivity (Wildman–Crippen MR) is 127 cm³/mol. The molecule has 0 bridgehead atoms. The van der Waals surface area contributed by atoms with Gasteiger partial charge in [-0.05, 0) is 109 Å². The number of aryl methyl sites for hydroxylation is 1. The Balaban J connectivity index is 1.36. The summed E-state index contributed by atoms with van der Waals surface area (Å²) in [5.41, 5.74) is 9.88. The van der Waals surface area contributed by atoms with Crippen LogP contribution in [0.5, 0.6) is 5.75 Å². The first-order valence-electron chi connectivity index (χ1n) is 12.3. The lowest BCUT2D eigenvalue weighted by atomic mass is 9.55. The number of aliphatic hydroxyl groups excluding tert-OH is 2. The van der Waals surface area contributed by atoms with E-state index in [-0.39, 0.29) is 24.0 Å². The molecule has 3 aliphatic rings. The molecule has 2 saturated carbocycles. The first-order chi connectivity index (χ1) is 15.9. The number of carbonyl (C=O) groups excluding carboxylic acids is 1. The summed E-state index contributed by atoms with van der Waals surface area (Å²) in [4.78, 5) is 11.6. The number of fused-ring (bicyclic) bond motifs is 5. The van der Waals surface area contributed by atoms with Crippen LogP contribution in [0.15, 0.2) is 42.5 Å². The van der Waals surface area contributed by atoms with Gasteiger partial charge in [-0.2, -0.15) is 0 Å². The van der Waals surface area contributed by atoms with Gasteiger partial charge in [-0.25, -0.2) is 0 Å². The highest BCUT2D eigenvalue weighted by molar-refractivity contribution is 5.92. The minimum atomic E-state index is -0.405. The van der Waals surface area contributed by atoms with Gasteiger partial charge in [0.05, 0.1) is 12.7 Å². The Labute approximate surface area is 196 Å². The van der Waals surface area contributed by atoms with Crippen LogP contribution in [0, 0.1) is 23.2 Å². The average Bonchev–Trinajstić information content (AvgIpc) is 3.07. The lowest BCUT2D eigenvalue weighted by Crippen LogP contribution is -2.44. The molecule has 0 radical (unpaired) electrons. The molecule has 0 spiro atoms. The van der Waals surface area contributed by atoms with Crippen LogP contribution in [-0.4, -0.2) is 35.4 Å². The number of ether oxygens (including phenoxy) is 1. The van der Waals surface area contributed by atoms with Gasteiger partial charge in [0, 0.05) is 5.56 Å². The largest absolute Gasteiger partial charge is 0.491 e. The number of amides is 1. The van der Waals surface area contributed by atoms with Gasteiger partial charge in [0.2, 0.25) is 5.91 Å². The summed E-state index contributed by atoms with van der Waals surface area (Å²) in [6.45, 7) is 2.66. The van der Waals surface area contributed by atoms with E-state index in [1.807, 2.05) is 24.3 Å². The maximum Gasteiger partial charge on any atom is 0.248 e. The Kier molecular flexibility index (Phi) is 5.96. The fourth-order valence-electron chi connectivity index (χ4n) is 7.31. The number of aliphatic hydroxyl groups is 2. The zero-order chi connectivity index (χ0) is 23.2. The highest BCUT2D eigenvalue weighted by Gasteiger charge is 2.57. The van der Waals surface area contributed by atoms with Crippen LogP contribution in [0.2, 0.25) is 0 Å². The molecule has 0 heterocycles. The van der Waals surface area contributed by atoms with E-state index in [9.17, 15) is 9.90 Å². The van der Waals surface area contributed by atoms with Crippen LogP contribution in [0.3, 0.4) is 0 Å². The molecule has 176 valence electrons. The topological polar surface area (TPSA) is 92.8 Å². The summed E-state index contributed by atoms with van der Waals surface area (Å²) >= 11 is 0. The molecule has 5 heteroatoms. The molecule has 2 aromatic rings. The average molecular weight is 450 g/mol. The zero-order valence-electron chi connectivity index (χ0n) is 19.4. The van der Waals surface area contributed by atoms with Crippen LogP contribution in [0.25, 0.3) is 0 Å². The molecule has 6 atom stereocenters. The second-order valence-electron chi connectivity index (χ2n) is 10.6. The van der Waals surface area contributed by atoms with Crippen LogP contribution >= 0.6 is 0 Å². The SMILES string of the molecule is C[C@]12CC[C@@H]3c4ccc(OCCO)cc4CC[C@H]3[C@@H]1C[C@H](Cc1cccc(C(N)=O)c1)[C@@H]2O. The lowest BCUT2D eigenvalue weighted by Gasteiger charge is -2.50. The molecule has 4 N–H and O–H groups in total. The monoisotopic (exact) mass is 449 g/mol. The number of rotatable bonds is 6. The van der Waals surface area contributed by atoms with Crippen molar-refractivity contribution in [2.45, 2.75) is 57.5 Å². The number of nitrogens with two attached hydrogens (primary N) is 1. The summed E-state index contributed by atoms with van der Waals surface area (Å²) in [6.07, 6.45) is 5.85. The summed E-state index contributed by atoms with van der Waals surface area (Å²) in [6, 6.07) is 14.0. The van der Waals surface area contributed by atoms with Crippen molar-refractivity contribution in [3.63, 3.8) is 0 Å². The van der Waals surface area contributed by atoms with Crippen LogP contribution < -0.4 is 10.5 Å². The van der Waals surface area contributed by atoms with E-state index in [0.29, 0.717) is 29.9 Å². The van der Waals surface area contributed by atoms with E-state index in [1.165, 1.54) is 11.1 Å². The number of benzene rings is 2. The van der Waals surface area contributed by atoms with Crippen LogP contribution in [0.4, 0.5) is 0 Å². The van der Waals surface area contributed by atoms with Crippen molar-refractivity contribution < 1.29 is 19.7 Å².